The van der Waals surface area contributed by atoms with Gasteiger partial charge in [-0.15, -0.1) is 0 Å². The third kappa shape index (κ3) is 4.23. The molecule has 0 bridgehead atoms. The molecule has 0 aliphatic carbocycles. The smallest absolute Gasteiger partial charge is 0.249 e. The summed E-state index contributed by atoms with van der Waals surface area (Å²) in [5.74, 6) is 2.01. The second kappa shape index (κ2) is 8.83. The number of piperidine rings is 1. The van der Waals surface area contributed by atoms with Crippen LogP contribution in [0, 0.1) is 0 Å². The predicted molar refractivity (Wildman–Crippen MR) is 98.7 cm³/mol. The van der Waals surface area contributed by atoms with Gasteiger partial charge in [0.25, 0.3) is 0 Å². The van der Waals surface area contributed by atoms with Gasteiger partial charge < -0.3 is 14.2 Å². The zero-order chi connectivity index (χ0) is 18.4. The minimum absolute atomic E-state index is 0.107. The third-order valence-corrected chi connectivity index (χ3v) is 4.87. The first-order valence-electron chi connectivity index (χ1n) is 9.50. The van der Waals surface area contributed by atoms with E-state index in [4.69, 9.17) is 9.26 Å². The summed E-state index contributed by atoms with van der Waals surface area (Å²) in [7, 11) is 1.63. The molecule has 0 radical (unpaired) electrons. The van der Waals surface area contributed by atoms with Gasteiger partial charge in [0.2, 0.25) is 17.6 Å². The summed E-state index contributed by atoms with van der Waals surface area (Å²) in [6.45, 7) is 2.92. The van der Waals surface area contributed by atoms with Crippen molar-refractivity contribution in [2.45, 2.75) is 57.9 Å². The molecule has 1 amide bonds. The Kier molecular flexibility index (Phi) is 6.26. The number of hydrogen-bond donors (Lipinski definition) is 0. The van der Waals surface area contributed by atoms with Crippen molar-refractivity contribution in [1.29, 1.82) is 0 Å². The normalized spacial score (nSPS) is 17.3. The lowest BCUT2D eigenvalue weighted by atomic mass is 10.0. The number of carbonyl (C=O) groups is 1. The van der Waals surface area contributed by atoms with Crippen LogP contribution >= 0.6 is 0 Å². The average molecular weight is 357 g/mol. The first-order chi connectivity index (χ1) is 12.7. The molecule has 1 saturated heterocycles. The van der Waals surface area contributed by atoms with Gasteiger partial charge in [0, 0.05) is 18.5 Å². The quantitative estimate of drug-likeness (QED) is 0.688. The van der Waals surface area contributed by atoms with Crippen LogP contribution in [-0.2, 0) is 4.79 Å². The number of rotatable bonds is 7. The number of unbranched alkanes of at least 4 members (excludes halogenated alkanes) is 2. The molecule has 0 saturated carbocycles. The Morgan fingerprint density at radius 1 is 1.35 bits per heavy atom. The van der Waals surface area contributed by atoms with Crippen LogP contribution in [0.1, 0.15) is 63.8 Å². The summed E-state index contributed by atoms with van der Waals surface area (Å²) in [4.78, 5) is 19.2. The van der Waals surface area contributed by atoms with Gasteiger partial charge in [0.15, 0.2) is 0 Å². The van der Waals surface area contributed by atoms with Crippen molar-refractivity contribution in [3.8, 4) is 17.1 Å². The van der Waals surface area contributed by atoms with Crippen LogP contribution in [0.15, 0.2) is 28.8 Å². The lowest BCUT2D eigenvalue weighted by molar-refractivity contribution is -0.135. The molecule has 6 heteroatoms. The van der Waals surface area contributed by atoms with Gasteiger partial charge in [0.1, 0.15) is 11.8 Å². The molecule has 1 atom stereocenters. The largest absolute Gasteiger partial charge is 0.497 e. The number of nitrogens with zero attached hydrogens (tertiary/aromatic N) is 3. The van der Waals surface area contributed by atoms with Crippen LogP contribution in [0.4, 0.5) is 0 Å². The van der Waals surface area contributed by atoms with Gasteiger partial charge in [-0.25, -0.2) is 0 Å². The summed E-state index contributed by atoms with van der Waals surface area (Å²) in [6.07, 6.45) is 6.72. The van der Waals surface area contributed by atoms with Crippen LogP contribution in [0.2, 0.25) is 0 Å². The van der Waals surface area contributed by atoms with E-state index in [0.29, 0.717) is 18.1 Å². The number of amides is 1. The first kappa shape index (κ1) is 18.4. The highest BCUT2D eigenvalue weighted by Crippen LogP contribution is 2.32. The van der Waals surface area contributed by atoms with E-state index in [1.165, 1.54) is 0 Å². The molecule has 140 valence electrons. The van der Waals surface area contributed by atoms with E-state index in [0.717, 1.165) is 56.4 Å². The van der Waals surface area contributed by atoms with E-state index in [1.54, 1.807) is 7.11 Å². The number of methoxy groups -OCH3 is 1. The van der Waals surface area contributed by atoms with Gasteiger partial charge in [-0.3, -0.25) is 4.79 Å². The summed E-state index contributed by atoms with van der Waals surface area (Å²) in [5.41, 5.74) is 0.844. The Bertz CT molecular complexity index is 729. The van der Waals surface area contributed by atoms with Crippen LogP contribution in [-0.4, -0.2) is 34.6 Å². The fourth-order valence-corrected chi connectivity index (χ4v) is 3.41. The van der Waals surface area contributed by atoms with Crippen molar-refractivity contribution < 1.29 is 14.1 Å². The maximum atomic E-state index is 12.6. The second-order valence-electron chi connectivity index (χ2n) is 6.74. The topological polar surface area (TPSA) is 68.5 Å². The van der Waals surface area contributed by atoms with Crippen molar-refractivity contribution in [2.75, 3.05) is 13.7 Å². The fourth-order valence-electron chi connectivity index (χ4n) is 3.41. The van der Waals surface area contributed by atoms with Gasteiger partial charge in [-0.1, -0.05) is 37.1 Å². The standard InChI is InChI=1S/C20H27N3O3/c1-3-4-5-12-18(24)23-13-7-6-11-17(23)20-21-19(22-26-20)15-9-8-10-16(14-15)25-2/h8-10,14,17H,3-7,11-13H2,1-2H3. The molecular formula is C20H27N3O3. The highest BCUT2D eigenvalue weighted by Gasteiger charge is 2.31. The molecule has 0 N–H and O–H groups in total. The lowest BCUT2D eigenvalue weighted by Crippen LogP contribution is -2.38. The number of carbonyl (C=O) groups excluding carboxylic acids is 1. The number of aromatic nitrogens is 2. The van der Waals surface area contributed by atoms with Gasteiger partial charge in [-0.05, 0) is 37.8 Å². The molecule has 1 aliphatic rings. The van der Waals surface area contributed by atoms with Crippen molar-refractivity contribution in [1.82, 2.24) is 15.0 Å². The predicted octanol–water partition coefficient (Wildman–Crippen LogP) is 4.38. The molecule has 1 fully saturated rings. The third-order valence-electron chi connectivity index (χ3n) is 4.87. The zero-order valence-corrected chi connectivity index (χ0v) is 15.6. The molecular weight excluding hydrogens is 330 g/mol. The van der Waals surface area contributed by atoms with Gasteiger partial charge in [0.05, 0.1) is 7.11 Å². The number of ether oxygens (including phenoxy) is 1. The monoisotopic (exact) mass is 357 g/mol. The van der Waals surface area contributed by atoms with E-state index >= 15 is 0 Å². The molecule has 0 spiro atoms. The Labute approximate surface area is 154 Å². The van der Waals surface area contributed by atoms with E-state index in [2.05, 4.69) is 17.1 Å². The molecule has 2 heterocycles. The maximum absolute atomic E-state index is 12.6. The SMILES string of the molecule is CCCCCC(=O)N1CCCCC1c1nc(-c2cccc(OC)c2)no1. The minimum atomic E-state index is -0.107. The molecule has 2 aromatic rings. The highest BCUT2D eigenvalue weighted by atomic mass is 16.5. The Hall–Kier alpha value is -2.37. The van der Waals surface area contributed by atoms with E-state index in [-0.39, 0.29) is 11.9 Å². The molecule has 3 rings (SSSR count). The molecule has 1 aliphatic heterocycles. The lowest BCUT2D eigenvalue weighted by Gasteiger charge is -2.33. The molecule has 1 aromatic carbocycles. The molecule has 1 unspecified atom stereocenters. The summed E-state index contributed by atoms with van der Waals surface area (Å²) in [6, 6.07) is 7.47. The zero-order valence-electron chi connectivity index (χ0n) is 15.6. The van der Waals surface area contributed by atoms with Crippen LogP contribution in [0.25, 0.3) is 11.4 Å². The maximum Gasteiger partial charge on any atom is 0.249 e. The van der Waals surface area contributed by atoms with Gasteiger partial charge in [-0.2, -0.15) is 4.98 Å². The highest BCUT2D eigenvalue weighted by molar-refractivity contribution is 5.76. The van der Waals surface area contributed by atoms with Crippen molar-refractivity contribution in [3.63, 3.8) is 0 Å². The number of hydrogen-bond acceptors (Lipinski definition) is 5. The number of benzene rings is 1. The average Bonchev–Trinajstić information content (AvgIpc) is 3.18. The van der Waals surface area contributed by atoms with Crippen molar-refractivity contribution in [3.05, 3.63) is 30.2 Å². The Morgan fingerprint density at radius 3 is 3.04 bits per heavy atom. The van der Waals surface area contributed by atoms with Crippen molar-refractivity contribution in [2.24, 2.45) is 0 Å². The molecule has 1 aromatic heterocycles. The first-order valence-corrected chi connectivity index (χ1v) is 9.50. The van der Waals surface area contributed by atoms with E-state index < -0.39 is 0 Å². The summed E-state index contributed by atoms with van der Waals surface area (Å²) in [5, 5.41) is 4.13. The van der Waals surface area contributed by atoms with Crippen LogP contribution in [0.5, 0.6) is 5.75 Å². The molecule has 6 nitrogen and oxygen atoms in total. The van der Waals surface area contributed by atoms with Crippen molar-refractivity contribution >= 4 is 5.91 Å². The molecule has 26 heavy (non-hydrogen) atoms. The fraction of sp³-hybridized carbons (Fsp3) is 0.550. The second-order valence-corrected chi connectivity index (χ2v) is 6.74. The summed E-state index contributed by atoms with van der Waals surface area (Å²) < 4.78 is 10.8. The summed E-state index contributed by atoms with van der Waals surface area (Å²) >= 11 is 0. The van der Waals surface area contributed by atoms with E-state index in [1.807, 2.05) is 29.2 Å². The Balaban J connectivity index is 1.76. The van der Waals surface area contributed by atoms with Gasteiger partial charge >= 0.3 is 0 Å². The van der Waals surface area contributed by atoms with E-state index in [9.17, 15) is 4.79 Å². The van der Waals surface area contributed by atoms with Crippen LogP contribution in [0.3, 0.4) is 0 Å². The minimum Gasteiger partial charge on any atom is -0.497 e. The number of likely N-dealkylation sites (tertiary alicyclic amines) is 1. The van der Waals surface area contributed by atoms with Crippen LogP contribution < -0.4 is 4.74 Å². The Morgan fingerprint density at radius 2 is 2.23 bits per heavy atom.